The van der Waals surface area contributed by atoms with Crippen LogP contribution in [0.15, 0.2) is 89.0 Å². The van der Waals surface area contributed by atoms with E-state index in [1.54, 1.807) is 0 Å². The molecule has 4 aromatic carbocycles. The van der Waals surface area contributed by atoms with Crippen LogP contribution in [-0.2, 0) is 30.3 Å². The maximum Gasteiger partial charge on any atom is 0.165 e. The van der Waals surface area contributed by atoms with Crippen molar-refractivity contribution in [1.29, 1.82) is 0 Å². The van der Waals surface area contributed by atoms with Crippen LogP contribution in [0.1, 0.15) is 121 Å². The number of allylic oxidation sites excluding steroid dienone is 2. The van der Waals surface area contributed by atoms with Gasteiger partial charge in [0.05, 0.1) is 5.52 Å². The summed E-state index contributed by atoms with van der Waals surface area (Å²) in [5.74, 6) is 1.64. The fraction of sp³-hybridized carbons (Fsp3) is 0.451. The van der Waals surface area contributed by atoms with E-state index in [1.807, 2.05) is 19.9 Å². The normalized spacial score (nSPS) is 13.1. The van der Waals surface area contributed by atoms with E-state index >= 15 is 0 Å². The Balaban J connectivity index is 0.000000277. The number of benzene rings is 4. The van der Waals surface area contributed by atoms with Crippen molar-refractivity contribution in [3.8, 4) is 11.3 Å². The second kappa shape index (κ2) is 17.0. The van der Waals surface area contributed by atoms with Crippen molar-refractivity contribution < 1.29 is 34.4 Å². The minimum absolute atomic E-state index is 0. The van der Waals surface area contributed by atoms with Crippen LogP contribution in [0.4, 0.5) is 0 Å². The van der Waals surface area contributed by atoms with Gasteiger partial charge in [0.15, 0.2) is 5.78 Å². The van der Waals surface area contributed by atoms with Crippen LogP contribution in [0.2, 0.25) is 0 Å². The van der Waals surface area contributed by atoms with Crippen molar-refractivity contribution in [2.75, 3.05) is 0 Å². The monoisotopic (exact) mass is 931 g/mol. The molecule has 1 radical (unpaired) electrons. The molecule has 0 saturated heterocycles. The van der Waals surface area contributed by atoms with Crippen LogP contribution >= 0.6 is 0 Å². The minimum Gasteiger partial charge on any atom is -0.512 e. The van der Waals surface area contributed by atoms with Gasteiger partial charge < -0.3 is 9.52 Å². The Bertz CT molecular complexity index is 2350. The Hall–Kier alpha value is -3.79. The number of carbonyl (C=O) groups excluding carboxylic acids is 1. The molecule has 6 rings (SSSR count). The number of furan rings is 1. The third kappa shape index (κ3) is 8.14. The number of nitrogens with zero attached hydrogens (tertiary/aromatic N) is 1. The summed E-state index contributed by atoms with van der Waals surface area (Å²) in [6, 6.07) is 29.3. The number of carbonyl (C=O) groups is 1. The Morgan fingerprint density at radius 1 is 0.696 bits per heavy atom. The average Bonchev–Trinajstić information content (AvgIpc) is 3.52. The van der Waals surface area contributed by atoms with Crippen molar-refractivity contribution in [3.05, 3.63) is 102 Å². The van der Waals surface area contributed by atoms with Crippen molar-refractivity contribution in [2.24, 2.45) is 34.5 Å². The number of aromatic nitrogens is 1. The predicted molar refractivity (Wildman–Crippen MR) is 235 cm³/mol. The number of aliphatic hydroxyl groups is 1. The van der Waals surface area contributed by atoms with Crippen LogP contribution in [0.3, 0.4) is 0 Å². The first-order valence-electron chi connectivity index (χ1n) is 20.3. The summed E-state index contributed by atoms with van der Waals surface area (Å²) in [4.78, 5) is 18.0. The maximum atomic E-state index is 12.8. The van der Waals surface area contributed by atoms with Crippen LogP contribution in [0, 0.1) is 40.6 Å². The molecular weight excluding hydrogens is 867 g/mol. The van der Waals surface area contributed by atoms with Crippen molar-refractivity contribution in [3.63, 3.8) is 0 Å². The largest absolute Gasteiger partial charge is 0.512 e. The summed E-state index contributed by atoms with van der Waals surface area (Å²) in [6.45, 7) is 32.0. The average molecular weight is 931 g/mol. The van der Waals surface area contributed by atoms with Crippen molar-refractivity contribution >= 4 is 49.4 Å². The third-order valence-corrected chi connectivity index (χ3v) is 13.0. The first-order chi connectivity index (χ1) is 25.6. The Morgan fingerprint density at radius 2 is 1.23 bits per heavy atom. The molecule has 0 unspecified atom stereocenters. The van der Waals surface area contributed by atoms with E-state index in [1.165, 1.54) is 22.6 Å². The van der Waals surface area contributed by atoms with Gasteiger partial charge in [0.1, 0.15) is 16.9 Å². The number of rotatable bonds is 9. The molecule has 0 fully saturated rings. The van der Waals surface area contributed by atoms with Gasteiger partial charge in [0, 0.05) is 58.9 Å². The molecule has 6 aromatic rings. The van der Waals surface area contributed by atoms with Gasteiger partial charge in [-0.05, 0) is 52.7 Å². The van der Waals surface area contributed by atoms with Gasteiger partial charge in [-0.1, -0.05) is 163 Å². The van der Waals surface area contributed by atoms with Gasteiger partial charge in [-0.25, -0.2) is 0 Å². The fourth-order valence-electron chi connectivity index (χ4n) is 8.06. The molecule has 1 N–H and O–H groups in total. The summed E-state index contributed by atoms with van der Waals surface area (Å²) in [5, 5.41) is 16.2. The Labute approximate surface area is 349 Å². The summed E-state index contributed by atoms with van der Waals surface area (Å²) < 4.78 is 6.65. The van der Waals surface area contributed by atoms with Gasteiger partial charge >= 0.3 is 0 Å². The smallest absolute Gasteiger partial charge is 0.165 e. The van der Waals surface area contributed by atoms with Gasteiger partial charge in [-0.3, -0.25) is 9.78 Å². The predicted octanol–water partition coefficient (Wildman–Crippen LogP) is 14.8. The summed E-state index contributed by atoms with van der Waals surface area (Å²) in [6.07, 6.45) is 1.50. The van der Waals surface area contributed by atoms with E-state index in [4.69, 9.17) is 9.40 Å². The zero-order chi connectivity index (χ0) is 40.8. The van der Waals surface area contributed by atoms with Gasteiger partial charge in [-0.15, -0.1) is 29.1 Å². The minimum atomic E-state index is -0.442. The summed E-state index contributed by atoms with van der Waals surface area (Å²) >= 11 is 0. The molecule has 0 amide bonds. The molecular formula is C51H64IrNO3-. The van der Waals surface area contributed by atoms with E-state index in [2.05, 4.69) is 163 Å². The zero-order valence-corrected chi connectivity index (χ0v) is 38.8. The number of hydrogen-bond donors (Lipinski definition) is 1. The quantitative estimate of drug-likeness (QED) is 0.0891. The van der Waals surface area contributed by atoms with Crippen LogP contribution < -0.4 is 0 Å². The maximum absolute atomic E-state index is 12.8. The van der Waals surface area contributed by atoms with E-state index in [0.717, 1.165) is 49.5 Å². The second-order valence-corrected chi connectivity index (χ2v) is 18.6. The van der Waals surface area contributed by atoms with Gasteiger partial charge in [0.25, 0.3) is 0 Å². The number of aliphatic hydroxyl groups excluding tert-OH is 1. The molecule has 0 bridgehead atoms. The molecule has 301 valence electrons. The van der Waals surface area contributed by atoms with E-state index < -0.39 is 5.41 Å². The standard InChI is InChI=1S/C32H28NO.C19H36O2.Ir/c1-19(2)22-14-10-15-25-28-29(33-27-16-9-8-13-24(27)31(28)34-30(22)25)21-17-20-11-6-7-12-23(20)26(18-21)32(3,4)5;1-12(2)18(9,13(3)4)16(20)11-17(21)19(10,14(5)6)15(7)8;/h6-16,18-19H,1-5H3;11-15,20H,1-10H3;/q-1;;/b;16-11-;. The zero-order valence-electron chi connectivity index (χ0n) is 36.4. The van der Waals surface area contributed by atoms with Gasteiger partial charge in [-0.2, -0.15) is 0 Å². The number of para-hydroxylation sites is 2. The van der Waals surface area contributed by atoms with E-state index in [0.29, 0.717) is 5.92 Å². The van der Waals surface area contributed by atoms with E-state index in [-0.39, 0.29) is 66.1 Å². The Kier molecular flexibility index (Phi) is 13.6. The first-order valence-corrected chi connectivity index (χ1v) is 20.3. The molecule has 2 aromatic heterocycles. The van der Waals surface area contributed by atoms with Crippen LogP contribution in [0.5, 0.6) is 0 Å². The second-order valence-electron chi connectivity index (χ2n) is 18.6. The van der Waals surface area contributed by atoms with Crippen LogP contribution in [-0.4, -0.2) is 15.9 Å². The van der Waals surface area contributed by atoms with Gasteiger partial charge in [0.2, 0.25) is 0 Å². The molecule has 0 aliphatic heterocycles. The molecule has 4 nitrogen and oxygen atoms in total. The molecule has 2 heterocycles. The number of hydrogen-bond acceptors (Lipinski definition) is 4. The van der Waals surface area contributed by atoms with Crippen molar-refractivity contribution in [2.45, 2.75) is 115 Å². The molecule has 0 spiro atoms. The van der Waals surface area contributed by atoms with Crippen molar-refractivity contribution in [1.82, 2.24) is 4.98 Å². The van der Waals surface area contributed by atoms with Crippen LogP contribution in [0.25, 0.3) is 54.9 Å². The fourth-order valence-corrected chi connectivity index (χ4v) is 8.06. The SMILES string of the molecule is CC(C)C(C)(C(=O)/C=C(\O)C(C)(C(C)C)C(C)C)C(C)C.CC(C)c1cccc2c1oc1c3ccccc3nc(-c3[c-]c4ccccc4c(C(C)(C)C)c3)c21.[Ir]. The Morgan fingerprint density at radius 3 is 1.79 bits per heavy atom. The van der Waals surface area contributed by atoms with E-state index in [9.17, 15) is 9.90 Å². The summed E-state index contributed by atoms with van der Waals surface area (Å²) in [7, 11) is 0. The molecule has 0 aliphatic carbocycles. The first kappa shape index (κ1) is 44.9. The molecule has 0 atom stereocenters. The summed E-state index contributed by atoms with van der Waals surface area (Å²) in [5.41, 5.74) is 6.45. The third-order valence-electron chi connectivity index (χ3n) is 13.0. The molecule has 0 saturated carbocycles. The molecule has 56 heavy (non-hydrogen) atoms. The molecule has 5 heteroatoms. The topological polar surface area (TPSA) is 63.3 Å². The number of fused-ring (bicyclic) bond motifs is 6. The number of ketones is 1. The molecule has 0 aliphatic rings. The number of pyridine rings is 1.